The van der Waals surface area contributed by atoms with Crippen molar-refractivity contribution in [3.63, 3.8) is 0 Å². The lowest BCUT2D eigenvalue weighted by molar-refractivity contribution is 0.405. The van der Waals surface area contributed by atoms with Gasteiger partial charge in [-0.05, 0) is 54.5 Å². The Morgan fingerprint density at radius 2 is 1.73 bits per heavy atom. The number of benzene rings is 2. The van der Waals surface area contributed by atoms with E-state index in [-0.39, 0.29) is 16.9 Å². The highest BCUT2D eigenvalue weighted by Gasteiger charge is 2.22. The molecule has 0 saturated carbocycles. The first kappa shape index (κ1) is 18.5. The van der Waals surface area contributed by atoms with E-state index in [1.807, 2.05) is 6.07 Å². The maximum atomic E-state index is 14.7. The van der Waals surface area contributed by atoms with Crippen molar-refractivity contribution >= 4 is 0 Å². The van der Waals surface area contributed by atoms with E-state index in [4.69, 9.17) is 0 Å². The van der Waals surface area contributed by atoms with E-state index in [0.29, 0.717) is 17.9 Å². The van der Waals surface area contributed by atoms with Gasteiger partial charge in [-0.1, -0.05) is 44.1 Å². The molecule has 1 aliphatic rings. The quantitative estimate of drug-likeness (QED) is 0.361. The van der Waals surface area contributed by atoms with Gasteiger partial charge in [-0.2, -0.15) is 0 Å². The largest absolute Gasteiger partial charge is 0.205 e. The van der Waals surface area contributed by atoms with Gasteiger partial charge in [0, 0.05) is 5.56 Å². The van der Waals surface area contributed by atoms with Crippen LogP contribution in [0.5, 0.6) is 0 Å². The summed E-state index contributed by atoms with van der Waals surface area (Å²) in [5, 5.41) is 0. The zero-order valence-corrected chi connectivity index (χ0v) is 14.6. The first-order valence-electron chi connectivity index (χ1n) is 8.96. The number of hydrogen-bond donors (Lipinski definition) is 0. The van der Waals surface area contributed by atoms with Crippen molar-refractivity contribution in [3.8, 4) is 11.8 Å². The summed E-state index contributed by atoms with van der Waals surface area (Å²) < 4.78 is 54.2. The maximum absolute atomic E-state index is 14.7. The zero-order chi connectivity index (χ0) is 18.7. The zero-order valence-electron chi connectivity index (χ0n) is 14.6. The molecule has 0 radical (unpaired) electrons. The molecule has 1 atom stereocenters. The summed E-state index contributed by atoms with van der Waals surface area (Å²) in [4.78, 5) is 0. The van der Waals surface area contributed by atoms with Crippen molar-refractivity contribution in [2.45, 2.75) is 45.4 Å². The molecule has 26 heavy (non-hydrogen) atoms. The lowest BCUT2D eigenvalue weighted by Crippen LogP contribution is -2.16. The Morgan fingerprint density at radius 1 is 1.00 bits per heavy atom. The van der Waals surface area contributed by atoms with Crippen molar-refractivity contribution in [2.75, 3.05) is 0 Å². The molecule has 0 aliphatic heterocycles. The number of unbranched alkanes of at least 4 members (excludes halogenated alkanes) is 1. The van der Waals surface area contributed by atoms with Crippen LogP contribution in [0.2, 0.25) is 0 Å². The Morgan fingerprint density at radius 3 is 2.42 bits per heavy atom. The molecule has 0 spiro atoms. The van der Waals surface area contributed by atoms with E-state index >= 15 is 0 Å². The minimum atomic E-state index is -1.53. The second-order valence-electron chi connectivity index (χ2n) is 6.82. The molecular weight excluding hydrogens is 340 g/mol. The fraction of sp³-hybridized carbons (Fsp3) is 0.364. The first-order valence-corrected chi connectivity index (χ1v) is 8.96. The van der Waals surface area contributed by atoms with Crippen LogP contribution in [0.4, 0.5) is 17.6 Å². The van der Waals surface area contributed by atoms with Crippen LogP contribution in [-0.2, 0) is 12.8 Å². The monoisotopic (exact) mass is 360 g/mol. The van der Waals surface area contributed by atoms with Crippen LogP contribution in [-0.4, -0.2) is 0 Å². The summed E-state index contributed by atoms with van der Waals surface area (Å²) in [6.07, 6.45) is 6.06. The fourth-order valence-corrected chi connectivity index (χ4v) is 3.49. The van der Waals surface area contributed by atoms with E-state index in [0.717, 1.165) is 37.0 Å². The standard InChI is InChI=1S/C22H20F4/c1-2-3-4-14-6-10-18-17(11-14)9-8-16(21(18)25)7-5-15-12-19(23)22(26)20(24)13-15/h8-9,12-14H,2-4,6,10-11H2,1H3. The molecule has 0 saturated heterocycles. The molecule has 2 aromatic carbocycles. The number of hydrogen-bond acceptors (Lipinski definition) is 0. The molecule has 2 aromatic rings. The van der Waals surface area contributed by atoms with Crippen LogP contribution in [0.1, 0.15) is 54.9 Å². The van der Waals surface area contributed by atoms with Gasteiger partial charge in [-0.3, -0.25) is 0 Å². The smallest absolute Gasteiger partial charge is 0.194 e. The van der Waals surface area contributed by atoms with Gasteiger partial charge in [0.2, 0.25) is 0 Å². The minimum absolute atomic E-state index is 0.0295. The molecule has 0 nitrogen and oxygen atoms in total. The van der Waals surface area contributed by atoms with Crippen molar-refractivity contribution in [1.82, 2.24) is 0 Å². The van der Waals surface area contributed by atoms with Gasteiger partial charge in [0.25, 0.3) is 0 Å². The number of fused-ring (bicyclic) bond motifs is 1. The van der Waals surface area contributed by atoms with E-state index in [1.54, 1.807) is 6.07 Å². The van der Waals surface area contributed by atoms with Gasteiger partial charge in [0.15, 0.2) is 17.5 Å². The Kier molecular flexibility index (Phi) is 5.66. The fourth-order valence-electron chi connectivity index (χ4n) is 3.49. The summed E-state index contributed by atoms with van der Waals surface area (Å²) in [6, 6.07) is 5.12. The predicted octanol–water partition coefficient (Wildman–Crippen LogP) is 5.94. The molecule has 0 fully saturated rings. The van der Waals surface area contributed by atoms with Crippen LogP contribution in [0.3, 0.4) is 0 Å². The molecule has 136 valence electrons. The molecule has 0 bridgehead atoms. The van der Waals surface area contributed by atoms with Gasteiger partial charge in [0.05, 0.1) is 5.56 Å². The summed E-state index contributed by atoms with van der Waals surface area (Å²) in [7, 11) is 0. The first-order chi connectivity index (χ1) is 12.5. The van der Waals surface area contributed by atoms with Crippen LogP contribution in [0, 0.1) is 41.0 Å². The van der Waals surface area contributed by atoms with E-state index in [1.165, 1.54) is 12.8 Å². The lowest BCUT2D eigenvalue weighted by atomic mass is 9.80. The normalized spacial score (nSPS) is 16.0. The topological polar surface area (TPSA) is 0 Å². The van der Waals surface area contributed by atoms with E-state index < -0.39 is 17.5 Å². The van der Waals surface area contributed by atoms with Crippen molar-refractivity contribution in [2.24, 2.45) is 5.92 Å². The van der Waals surface area contributed by atoms with Crippen molar-refractivity contribution in [1.29, 1.82) is 0 Å². The Hall–Kier alpha value is -2.28. The Bertz CT molecular complexity index is 851. The van der Waals surface area contributed by atoms with Crippen LogP contribution in [0.25, 0.3) is 0 Å². The second-order valence-corrected chi connectivity index (χ2v) is 6.82. The maximum Gasteiger partial charge on any atom is 0.194 e. The minimum Gasteiger partial charge on any atom is -0.205 e. The summed E-state index contributed by atoms with van der Waals surface area (Å²) >= 11 is 0. The molecule has 0 N–H and O–H groups in total. The molecule has 3 rings (SSSR count). The molecule has 1 aliphatic carbocycles. The molecule has 0 heterocycles. The molecule has 0 aromatic heterocycles. The molecule has 4 heteroatoms. The SMILES string of the molecule is CCCCC1CCc2c(ccc(C#Cc3cc(F)c(F)c(F)c3)c2F)C1. The molecule has 1 unspecified atom stereocenters. The Balaban J connectivity index is 1.84. The van der Waals surface area contributed by atoms with E-state index in [2.05, 4.69) is 18.8 Å². The van der Waals surface area contributed by atoms with Gasteiger partial charge in [0.1, 0.15) is 5.82 Å². The van der Waals surface area contributed by atoms with Gasteiger partial charge < -0.3 is 0 Å². The van der Waals surface area contributed by atoms with Gasteiger partial charge >= 0.3 is 0 Å². The number of halogens is 4. The number of rotatable bonds is 3. The summed E-state index contributed by atoms with van der Waals surface area (Å²) in [5.41, 5.74) is 1.89. The van der Waals surface area contributed by atoms with Crippen LogP contribution < -0.4 is 0 Å². The third-order valence-corrected chi connectivity index (χ3v) is 4.94. The summed E-state index contributed by atoms with van der Waals surface area (Å²) in [5.74, 6) is 1.23. The van der Waals surface area contributed by atoms with E-state index in [9.17, 15) is 17.6 Å². The van der Waals surface area contributed by atoms with Crippen molar-refractivity contribution in [3.05, 3.63) is 69.8 Å². The Labute approximate surface area is 151 Å². The average molecular weight is 360 g/mol. The third-order valence-electron chi connectivity index (χ3n) is 4.94. The molecule has 0 amide bonds. The highest BCUT2D eigenvalue weighted by Crippen LogP contribution is 2.31. The predicted molar refractivity (Wildman–Crippen MR) is 93.7 cm³/mol. The van der Waals surface area contributed by atoms with Crippen LogP contribution >= 0.6 is 0 Å². The van der Waals surface area contributed by atoms with Crippen molar-refractivity contribution < 1.29 is 17.6 Å². The second kappa shape index (κ2) is 7.95. The highest BCUT2D eigenvalue weighted by atomic mass is 19.2. The highest BCUT2D eigenvalue weighted by molar-refractivity contribution is 5.47. The van der Waals surface area contributed by atoms with Crippen LogP contribution in [0.15, 0.2) is 24.3 Å². The lowest BCUT2D eigenvalue weighted by Gasteiger charge is -2.25. The summed E-state index contributed by atoms with van der Waals surface area (Å²) in [6.45, 7) is 2.17. The average Bonchev–Trinajstić information content (AvgIpc) is 2.63. The third kappa shape index (κ3) is 3.93. The molecular formula is C22H20F4. The van der Waals surface area contributed by atoms with Gasteiger partial charge in [-0.15, -0.1) is 0 Å². The van der Waals surface area contributed by atoms with Gasteiger partial charge in [-0.25, -0.2) is 17.6 Å².